The van der Waals surface area contributed by atoms with E-state index in [0.717, 1.165) is 23.3 Å². The molecule has 34 heavy (non-hydrogen) atoms. The molecule has 0 bridgehead atoms. The molecule has 0 atom stereocenters. The van der Waals surface area contributed by atoms with E-state index in [1.54, 1.807) is 18.5 Å². The molecule has 0 aliphatic carbocycles. The lowest BCUT2D eigenvalue weighted by Gasteiger charge is -2.14. The Kier molecular flexibility index (Phi) is 6.72. The third-order valence-corrected chi connectivity index (χ3v) is 5.33. The zero-order valence-corrected chi connectivity index (χ0v) is 18.0. The van der Waals surface area contributed by atoms with Gasteiger partial charge in [-0.05, 0) is 35.4 Å². The highest BCUT2D eigenvalue weighted by atomic mass is 19.4. The van der Waals surface area contributed by atoms with E-state index in [0.29, 0.717) is 5.52 Å². The summed E-state index contributed by atoms with van der Waals surface area (Å²) in [5.41, 5.74) is 0.748. The van der Waals surface area contributed by atoms with E-state index in [-0.39, 0.29) is 43.0 Å². The van der Waals surface area contributed by atoms with E-state index in [9.17, 15) is 22.8 Å². The second kappa shape index (κ2) is 9.86. The van der Waals surface area contributed by atoms with Gasteiger partial charge in [0.25, 0.3) is 5.56 Å². The largest absolute Gasteiger partial charge is 0.416 e. The lowest BCUT2D eigenvalue weighted by atomic mass is 10.1. The minimum atomic E-state index is -4.54. The van der Waals surface area contributed by atoms with Gasteiger partial charge in [-0.1, -0.05) is 36.4 Å². The fourth-order valence-electron chi connectivity index (χ4n) is 3.59. The molecule has 0 saturated carbocycles. The zero-order valence-electron chi connectivity index (χ0n) is 18.0. The number of amides is 1. The summed E-state index contributed by atoms with van der Waals surface area (Å²) in [6, 6.07) is 15.8. The monoisotopic (exact) mass is 466 g/mol. The van der Waals surface area contributed by atoms with Crippen molar-refractivity contribution < 1.29 is 18.0 Å². The number of carbonyl (C=O) groups is 1. The molecule has 0 aliphatic rings. The zero-order chi connectivity index (χ0) is 24.1. The molecule has 0 spiro atoms. The molecule has 0 fully saturated rings. The van der Waals surface area contributed by atoms with Crippen LogP contribution in [0, 0.1) is 0 Å². The maximum absolute atomic E-state index is 13.3. The first-order valence-corrected chi connectivity index (χ1v) is 10.6. The van der Waals surface area contributed by atoms with Crippen LogP contribution in [0.3, 0.4) is 0 Å². The average Bonchev–Trinajstić information content (AvgIpc) is 2.84. The lowest BCUT2D eigenvalue weighted by molar-refractivity contribution is -0.137. The van der Waals surface area contributed by atoms with E-state index in [2.05, 4.69) is 15.3 Å². The molecule has 6 nitrogen and oxygen atoms in total. The molecular weight excluding hydrogens is 445 g/mol. The van der Waals surface area contributed by atoms with Gasteiger partial charge in [0.2, 0.25) is 5.91 Å². The number of aromatic nitrogens is 3. The van der Waals surface area contributed by atoms with Gasteiger partial charge in [0.15, 0.2) is 0 Å². The third-order valence-electron chi connectivity index (χ3n) is 5.33. The molecule has 0 radical (unpaired) electrons. The van der Waals surface area contributed by atoms with Crippen molar-refractivity contribution >= 4 is 16.9 Å². The Morgan fingerprint density at radius 2 is 1.76 bits per heavy atom. The van der Waals surface area contributed by atoms with Crippen LogP contribution in [-0.4, -0.2) is 20.4 Å². The summed E-state index contributed by atoms with van der Waals surface area (Å²) in [7, 11) is 0. The fraction of sp³-hybridized carbons (Fsp3) is 0.200. The normalized spacial score (nSPS) is 11.5. The van der Waals surface area contributed by atoms with Gasteiger partial charge in [-0.15, -0.1) is 0 Å². The van der Waals surface area contributed by atoms with Crippen LogP contribution in [0.5, 0.6) is 0 Å². The quantitative estimate of drug-likeness (QED) is 0.445. The predicted octanol–water partition coefficient (Wildman–Crippen LogP) is 4.11. The number of fused-ring (bicyclic) bond motifs is 1. The molecule has 2 heterocycles. The van der Waals surface area contributed by atoms with Crippen molar-refractivity contribution in [3.8, 4) is 0 Å². The highest BCUT2D eigenvalue weighted by Gasteiger charge is 2.31. The van der Waals surface area contributed by atoms with Crippen molar-refractivity contribution in [2.24, 2.45) is 0 Å². The third kappa shape index (κ3) is 5.48. The molecular formula is C25H21F3N4O2. The van der Waals surface area contributed by atoms with Gasteiger partial charge in [0, 0.05) is 31.8 Å². The number of alkyl halides is 3. The standard InChI is InChI=1S/C25H21F3N4O2/c26-25(27,28)19-8-10-22-21(13-19)31-20(24(34)32(22)16-17-5-2-1-3-6-17)9-11-23(33)30-15-18-7-4-12-29-14-18/h1-8,10,12-14H,9,11,15-16H2,(H,30,33). The van der Waals surface area contributed by atoms with Crippen LogP contribution in [0.1, 0.15) is 28.8 Å². The number of hydrogen-bond donors (Lipinski definition) is 1. The molecule has 1 amide bonds. The number of hydrogen-bond acceptors (Lipinski definition) is 4. The molecule has 9 heteroatoms. The van der Waals surface area contributed by atoms with Crippen molar-refractivity contribution in [1.29, 1.82) is 0 Å². The van der Waals surface area contributed by atoms with Crippen LogP contribution < -0.4 is 10.9 Å². The molecule has 174 valence electrons. The number of nitrogens with zero attached hydrogens (tertiary/aromatic N) is 3. The molecule has 4 rings (SSSR count). The summed E-state index contributed by atoms with van der Waals surface area (Å²) in [6.07, 6.45) is -1.31. The Hall–Kier alpha value is -4.01. The van der Waals surface area contributed by atoms with E-state index in [1.807, 2.05) is 36.4 Å². The van der Waals surface area contributed by atoms with Crippen molar-refractivity contribution in [2.75, 3.05) is 0 Å². The lowest BCUT2D eigenvalue weighted by Crippen LogP contribution is -2.28. The Morgan fingerprint density at radius 3 is 2.47 bits per heavy atom. The number of halogens is 3. The van der Waals surface area contributed by atoms with Crippen molar-refractivity contribution in [3.05, 3.63) is 106 Å². The topological polar surface area (TPSA) is 76.9 Å². The highest BCUT2D eigenvalue weighted by Crippen LogP contribution is 2.31. The van der Waals surface area contributed by atoms with Gasteiger partial charge in [-0.2, -0.15) is 13.2 Å². The first-order valence-electron chi connectivity index (χ1n) is 10.6. The SMILES string of the molecule is O=C(CCc1nc2cc(C(F)(F)F)ccc2n(Cc2ccccc2)c1=O)NCc1cccnc1. The molecule has 4 aromatic rings. The van der Waals surface area contributed by atoms with Gasteiger partial charge in [-0.3, -0.25) is 14.6 Å². The molecule has 0 saturated heterocycles. The Balaban J connectivity index is 1.62. The second-order valence-electron chi connectivity index (χ2n) is 7.77. The van der Waals surface area contributed by atoms with E-state index in [4.69, 9.17) is 0 Å². The highest BCUT2D eigenvalue weighted by molar-refractivity contribution is 5.77. The summed E-state index contributed by atoms with van der Waals surface area (Å²) in [6.45, 7) is 0.454. The predicted molar refractivity (Wildman–Crippen MR) is 121 cm³/mol. The minimum Gasteiger partial charge on any atom is -0.352 e. The number of nitrogens with one attached hydrogen (secondary N) is 1. The fourth-order valence-corrected chi connectivity index (χ4v) is 3.59. The van der Waals surface area contributed by atoms with Gasteiger partial charge in [0.05, 0.1) is 23.1 Å². The maximum atomic E-state index is 13.3. The number of aryl methyl sites for hydroxylation is 1. The summed E-state index contributed by atoms with van der Waals surface area (Å²) >= 11 is 0. The maximum Gasteiger partial charge on any atom is 0.416 e. The first kappa shape index (κ1) is 23.2. The summed E-state index contributed by atoms with van der Waals surface area (Å²) < 4.78 is 41.2. The van der Waals surface area contributed by atoms with Crippen LogP contribution >= 0.6 is 0 Å². The van der Waals surface area contributed by atoms with Gasteiger partial charge >= 0.3 is 6.18 Å². The summed E-state index contributed by atoms with van der Waals surface area (Å²) in [5, 5.41) is 2.74. The number of carbonyl (C=O) groups excluding carboxylic acids is 1. The van der Waals surface area contributed by atoms with Crippen LogP contribution in [0.4, 0.5) is 13.2 Å². The van der Waals surface area contributed by atoms with Gasteiger partial charge in [-0.25, -0.2) is 4.98 Å². The molecule has 2 aromatic carbocycles. The van der Waals surface area contributed by atoms with Gasteiger partial charge < -0.3 is 9.88 Å². The number of rotatable bonds is 7. The summed E-state index contributed by atoms with van der Waals surface area (Å²) in [4.78, 5) is 33.7. The molecule has 0 aliphatic heterocycles. The number of pyridine rings is 1. The van der Waals surface area contributed by atoms with Crippen LogP contribution in [0.15, 0.2) is 77.9 Å². The second-order valence-corrected chi connectivity index (χ2v) is 7.77. The Labute approximate surface area is 193 Å². The van der Waals surface area contributed by atoms with Crippen LogP contribution in [0.2, 0.25) is 0 Å². The summed E-state index contributed by atoms with van der Waals surface area (Å²) in [5.74, 6) is -0.302. The molecule has 0 unspecified atom stereocenters. The van der Waals surface area contributed by atoms with E-state index in [1.165, 1.54) is 10.6 Å². The minimum absolute atomic E-state index is 0.00131. The first-order chi connectivity index (χ1) is 16.3. The van der Waals surface area contributed by atoms with E-state index >= 15 is 0 Å². The molecule has 1 N–H and O–H groups in total. The van der Waals surface area contributed by atoms with Crippen molar-refractivity contribution in [3.63, 3.8) is 0 Å². The van der Waals surface area contributed by atoms with Crippen LogP contribution in [-0.2, 0) is 30.5 Å². The Bertz CT molecular complexity index is 1350. The van der Waals surface area contributed by atoms with Crippen molar-refractivity contribution in [1.82, 2.24) is 19.9 Å². The smallest absolute Gasteiger partial charge is 0.352 e. The average molecular weight is 466 g/mol. The van der Waals surface area contributed by atoms with Crippen molar-refractivity contribution in [2.45, 2.75) is 32.1 Å². The molecule has 2 aromatic heterocycles. The van der Waals surface area contributed by atoms with E-state index < -0.39 is 17.3 Å². The van der Waals surface area contributed by atoms with Crippen LogP contribution in [0.25, 0.3) is 11.0 Å². The Morgan fingerprint density at radius 1 is 1.00 bits per heavy atom. The van der Waals surface area contributed by atoms with Gasteiger partial charge in [0.1, 0.15) is 5.69 Å². The number of benzene rings is 2.